The summed E-state index contributed by atoms with van der Waals surface area (Å²) in [6, 6.07) is 26.2. The van der Waals surface area contributed by atoms with E-state index in [1.165, 1.54) is 12.1 Å². The van der Waals surface area contributed by atoms with Crippen molar-refractivity contribution in [2.24, 2.45) is 11.8 Å². The molecule has 3 aromatic carbocycles. The van der Waals surface area contributed by atoms with Crippen molar-refractivity contribution in [3.8, 4) is 0 Å². The van der Waals surface area contributed by atoms with Crippen LogP contribution in [-0.2, 0) is 4.79 Å². The van der Waals surface area contributed by atoms with Gasteiger partial charge in [-0.05, 0) is 60.2 Å². The molecule has 2 nitrogen and oxygen atoms in total. The Balaban J connectivity index is 1.58. The summed E-state index contributed by atoms with van der Waals surface area (Å²) in [4.78, 5) is 15.2. The first-order valence-electron chi connectivity index (χ1n) is 9.34. The van der Waals surface area contributed by atoms with Gasteiger partial charge < -0.3 is 0 Å². The lowest BCUT2D eigenvalue weighted by atomic mass is 9.99. The maximum Gasteiger partial charge on any atom is 0.234 e. The average molecular weight is 359 g/mol. The number of amides is 1. The van der Waals surface area contributed by atoms with Crippen molar-refractivity contribution < 1.29 is 9.18 Å². The summed E-state index contributed by atoms with van der Waals surface area (Å²) in [5.74, 6) is 0.387. The second-order valence-electron chi connectivity index (χ2n) is 7.19. The zero-order chi connectivity index (χ0) is 18.8. The van der Waals surface area contributed by atoms with Gasteiger partial charge >= 0.3 is 0 Å². The second kappa shape index (κ2) is 7.36. The number of nitrogens with zero attached hydrogens (tertiary/aromatic N) is 1. The zero-order valence-electron chi connectivity index (χ0n) is 15.3. The van der Waals surface area contributed by atoms with Crippen LogP contribution in [0.25, 0.3) is 0 Å². The Morgan fingerprint density at radius 1 is 0.889 bits per heavy atom. The molecular weight excluding hydrogens is 337 g/mol. The fourth-order valence-electron chi connectivity index (χ4n) is 3.80. The topological polar surface area (TPSA) is 20.3 Å². The number of carbonyl (C=O) groups excluding carboxylic acids is 1. The Morgan fingerprint density at radius 2 is 1.41 bits per heavy atom. The van der Waals surface area contributed by atoms with Gasteiger partial charge in [-0.3, -0.25) is 9.69 Å². The Bertz CT molecular complexity index is 869. The van der Waals surface area contributed by atoms with Crippen molar-refractivity contribution in [3.05, 3.63) is 96.3 Å². The minimum atomic E-state index is -0.223. The highest BCUT2D eigenvalue weighted by Crippen LogP contribution is 2.52. The molecule has 1 saturated carbocycles. The van der Waals surface area contributed by atoms with Gasteiger partial charge in [0, 0.05) is 17.3 Å². The third-order valence-electron chi connectivity index (χ3n) is 5.42. The predicted molar refractivity (Wildman–Crippen MR) is 106 cm³/mol. The maximum atomic E-state index is 13.4. The van der Waals surface area contributed by atoms with E-state index in [9.17, 15) is 9.18 Å². The van der Waals surface area contributed by atoms with E-state index < -0.39 is 0 Å². The fraction of sp³-hybridized carbons (Fsp3) is 0.208. The summed E-state index contributed by atoms with van der Waals surface area (Å²) in [7, 11) is 0. The lowest BCUT2D eigenvalue weighted by Gasteiger charge is -2.26. The van der Waals surface area contributed by atoms with Gasteiger partial charge in [-0.25, -0.2) is 4.39 Å². The van der Waals surface area contributed by atoms with Crippen molar-refractivity contribution in [1.29, 1.82) is 0 Å². The van der Waals surface area contributed by atoms with Crippen LogP contribution in [-0.4, -0.2) is 5.91 Å². The molecule has 136 valence electrons. The molecule has 0 spiro atoms. The van der Waals surface area contributed by atoms with Crippen LogP contribution in [0.2, 0.25) is 0 Å². The van der Waals surface area contributed by atoms with Gasteiger partial charge in [0.15, 0.2) is 0 Å². The summed E-state index contributed by atoms with van der Waals surface area (Å²) in [5.41, 5.74) is 2.87. The molecule has 0 radical (unpaired) electrons. The van der Waals surface area contributed by atoms with Crippen molar-refractivity contribution in [2.45, 2.75) is 19.3 Å². The van der Waals surface area contributed by atoms with Crippen LogP contribution in [0.4, 0.5) is 15.8 Å². The molecule has 3 atom stereocenters. The monoisotopic (exact) mass is 359 g/mol. The number of hydrogen-bond donors (Lipinski definition) is 0. The van der Waals surface area contributed by atoms with Crippen molar-refractivity contribution in [2.75, 3.05) is 4.90 Å². The smallest absolute Gasteiger partial charge is 0.234 e. The molecule has 0 aromatic heterocycles. The molecule has 4 rings (SSSR count). The zero-order valence-corrected chi connectivity index (χ0v) is 15.3. The number of hydrogen-bond acceptors (Lipinski definition) is 1. The number of halogens is 1. The van der Waals surface area contributed by atoms with Gasteiger partial charge in [-0.1, -0.05) is 55.5 Å². The molecule has 1 amide bonds. The molecule has 1 fully saturated rings. The largest absolute Gasteiger partial charge is 0.281 e. The van der Waals surface area contributed by atoms with Crippen LogP contribution in [0.15, 0.2) is 84.9 Å². The van der Waals surface area contributed by atoms with Crippen LogP contribution >= 0.6 is 0 Å². The van der Waals surface area contributed by atoms with Crippen molar-refractivity contribution >= 4 is 17.3 Å². The first-order valence-corrected chi connectivity index (χ1v) is 9.34. The van der Waals surface area contributed by atoms with Gasteiger partial charge in [0.25, 0.3) is 0 Å². The molecule has 0 bridgehead atoms. The molecule has 0 heterocycles. The molecule has 27 heavy (non-hydrogen) atoms. The second-order valence-corrected chi connectivity index (χ2v) is 7.19. The van der Waals surface area contributed by atoms with Gasteiger partial charge in [0.05, 0.1) is 0 Å². The number of benzene rings is 3. The van der Waals surface area contributed by atoms with Gasteiger partial charge in [-0.2, -0.15) is 0 Å². The summed E-state index contributed by atoms with van der Waals surface area (Å²) in [6.45, 7) is 2.01. The normalized spacial score (nSPS) is 19.3. The third kappa shape index (κ3) is 3.63. The lowest BCUT2D eigenvalue weighted by molar-refractivity contribution is -0.121. The van der Waals surface area contributed by atoms with Crippen molar-refractivity contribution in [1.82, 2.24) is 0 Å². The molecular formula is C24H22FNO. The Hall–Kier alpha value is -2.94. The number of carbonyl (C=O) groups is 1. The molecule has 1 aliphatic rings. The van der Waals surface area contributed by atoms with E-state index in [1.54, 1.807) is 0 Å². The molecule has 3 aromatic rings. The number of anilines is 2. The van der Waals surface area contributed by atoms with Crippen LogP contribution in [0.5, 0.6) is 0 Å². The average Bonchev–Trinajstić information content (AvgIpc) is 3.50. The molecule has 0 unspecified atom stereocenters. The first-order chi connectivity index (χ1) is 13.1. The maximum absolute atomic E-state index is 13.4. The van der Waals surface area contributed by atoms with Gasteiger partial charge in [0.2, 0.25) is 5.91 Å². The summed E-state index contributed by atoms with van der Waals surface area (Å²) in [5, 5.41) is 0. The SMILES string of the molecule is C[C@H](C(=O)N(c1ccccc1)c1ccccc1)[C@@H]1C[C@H]1c1ccc(F)cc1. The van der Waals surface area contributed by atoms with E-state index in [2.05, 4.69) is 0 Å². The highest BCUT2D eigenvalue weighted by molar-refractivity contribution is 6.02. The standard InChI is InChI=1S/C24H22FNO/c1-17(22-16-23(22)18-12-14-19(25)15-13-18)24(27)26(20-8-4-2-5-9-20)21-10-6-3-7-11-21/h2-15,17,22-23H,16H2,1H3/t17-,22-,23-/m0/s1. The van der Waals surface area contributed by atoms with Crippen LogP contribution in [0, 0.1) is 17.7 Å². The van der Waals surface area contributed by atoms with Crippen LogP contribution < -0.4 is 4.90 Å². The molecule has 0 N–H and O–H groups in total. The summed E-state index contributed by atoms with van der Waals surface area (Å²) < 4.78 is 13.2. The van der Waals surface area contributed by atoms with Crippen molar-refractivity contribution in [3.63, 3.8) is 0 Å². The molecule has 1 aliphatic carbocycles. The quantitative estimate of drug-likeness (QED) is 0.553. The first kappa shape index (κ1) is 17.5. The van der Waals surface area contributed by atoms with E-state index in [0.29, 0.717) is 5.92 Å². The Kier molecular flexibility index (Phi) is 4.76. The number of para-hydroxylation sites is 2. The minimum absolute atomic E-state index is 0.0991. The van der Waals surface area contributed by atoms with E-state index in [-0.39, 0.29) is 23.6 Å². The number of rotatable bonds is 5. The van der Waals surface area contributed by atoms with E-state index >= 15 is 0 Å². The predicted octanol–water partition coefficient (Wildman–Crippen LogP) is 5.93. The van der Waals surface area contributed by atoms with E-state index in [1.807, 2.05) is 84.6 Å². The lowest BCUT2D eigenvalue weighted by Crippen LogP contribution is -2.32. The highest BCUT2D eigenvalue weighted by Gasteiger charge is 2.45. The Morgan fingerprint density at radius 3 is 1.93 bits per heavy atom. The van der Waals surface area contributed by atoms with Gasteiger partial charge in [0.1, 0.15) is 5.82 Å². The minimum Gasteiger partial charge on any atom is -0.281 e. The molecule has 3 heteroatoms. The van der Waals surface area contributed by atoms with Gasteiger partial charge in [-0.15, -0.1) is 0 Å². The van der Waals surface area contributed by atoms with E-state index in [0.717, 1.165) is 23.4 Å². The highest BCUT2D eigenvalue weighted by atomic mass is 19.1. The van der Waals surface area contributed by atoms with Crippen LogP contribution in [0.1, 0.15) is 24.8 Å². The fourth-order valence-corrected chi connectivity index (χ4v) is 3.80. The van der Waals surface area contributed by atoms with E-state index in [4.69, 9.17) is 0 Å². The Labute approximate surface area is 159 Å². The summed E-state index contributed by atoms with van der Waals surface area (Å²) in [6.07, 6.45) is 0.968. The van der Waals surface area contributed by atoms with Crippen LogP contribution in [0.3, 0.4) is 0 Å². The molecule has 0 aliphatic heterocycles. The summed E-state index contributed by atoms with van der Waals surface area (Å²) >= 11 is 0. The third-order valence-corrected chi connectivity index (χ3v) is 5.42. The molecule has 0 saturated heterocycles.